The molecule has 1 aromatic carbocycles. The molecule has 1 aromatic rings. The highest BCUT2D eigenvalue weighted by atomic mass is 15.2. The molecule has 0 unspecified atom stereocenters. The zero-order valence-electron chi connectivity index (χ0n) is 11.8. The summed E-state index contributed by atoms with van der Waals surface area (Å²) in [6.07, 6.45) is 0. The summed E-state index contributed by atoms with van der Waals surface area (Å²) in [7, 11) is 0. The Morgan fingerprint density at radius 1 is 1.11 bits per heavy atom. The second-order valence-electron chi connectivity index (χ2n) is 5.20. The van der Waals surface area contributed by atoms with Crippen molar-refractivity contribution < 1.29 is 0 Å². The summed E-state index contributed by atoms with van der Waals surface area (Å²) in [5.41, 5.74) is 5.45. The first-order valence-electron chi connectivity index (χ1n) is 6.92. The third kappa shape index (κ3) is 3.24. The summed E-state index contributed by atoms with van der Waals surface area (Å²) < 4.78 is 0. The lowest BCUT2D eigenvalue weighted by atomic mass is 10.0. The van der Waals surface area contributed by atoms with Crippen molar-refractivity contribution in [3.05, 3.63) is 28.8 Å². The Hall–Kier alpha value is -1.06. The lowest BCUT2D eigenvalue weighted by Crippen LogP contribution is -2.45. The van der Waals surface area contributed by atoms with E-state index in [9.17, 15) is 0 Å². The minimum absolute atomic E-state index is 1.03. The molecule has 1 fully saturated rings. The summed E-state index contributed by atoms with van der Waals surface area (Å²) >= 11 is 0. The first kappa shape index (κ1) is 13.4. The second-order valence-corrected chi connectivity index (χ2v) is 5.20. The molecule has 3 heteroatoms. The van der Waals surface area contributed by atoms with Crippen LogP contribution in [0, 0.1) is 20.8 Å². The minimum Gasteiger partial charge on any atom is -0.384 e. The molecule has 0 aliphatic carbocycles. The van der Waals surface area contributed by atoms with Gasteiger partial charge in [-0.1, -0.05) is 6.07 Å². The standard InChI is InChI=1S/C15H25N3/c1-12-4-5-15(14(3)13(12)2)17-8-11-18-9-6-16-7-10-18/h4-5,16-17H,6-11H2,1-3H3. The van der Waals surface area contributed by atoms with Crippen LogP contribution in [0.4, 0.5) is 5.69 Å². The average molecular weight is 247 g/mol. The van der Waals surface area contributed by atoms with Crippen molar-refractivity contribution in [2.45, 2.75) is 20.8 Å². The van der Waals surface area contributed by atoms with E-state index in [1.165, 1.54) is 35.5 Å². The predicted molar refractivity (Wildman–Crippen MR) is 78.5 cm³/mol. The molecular formula is C15H25N3. The van der Waals surface area contributed by atoms with E-state index >= 15 is 0 Å². The van der Waals surface area contributed by atoms with Crippen molar-refractivity contribution in [3.63, 3.8) is 0 Å². The van der Waals surface area contributed by atoms with E-state index in [2.05, 4.69) is 48.4 Å². The van der Waals surface area contributed by atoms with Crippen LogP contribution >= 0.6 is 0 Å². The monoisotopic (exact) mass is 247 g/mol. The first-order chi connectivity index (χ1) is 8.68. The number of anilines is 1. The van der Waals surface area contributed by atoms with Gasteiger partial charge in [-0.05, 0) is 43.5 Å². The van der Waals surface area contributed by atoms with Crippen LogP contribution in [0.15, 0.2) is 12.1 Å². The molecule has 0 radical (unpaired) electrons. The Labute approximate surface area is 111 Å². The van der Waals surface area contributed by atoms with E-state index in [4.69, 9.17) is 0 Å². The molecule has 2 rings (SSSR count). The molecule has 0 amide bonds. The van der Waals surface area contributed by atoms with Gasteiger partial charge in [0, 0.05) is 45.0 Å². The number of rotatable bonds is 4. The third-order valence-corrected chi connectivity index (χ3v) is 4.01. The Kier molecular flexibility index (Phi) is 4.61. The van der Waals surface area contributed by atoms with Gasteiger partial charge < -0.3 is 10.6 Å². The highest BCUT2D eigenvalue weighted by molar-refractivity contribution is 5.55. The number of hydrogen-bond donors (Lipinski definition) is 2. The predicted octanol–water partition coefficient (Wildman–Crippen LogP) is 1.93. The fourth-order valence-corrected chi connectivity index (χ4v) is 2.43. The maximum absolute atomic E-state index is 3.57. The molecule has 3 nitrogen and oxygen atoms in total. The molecule has 0 atom stereocenters. The Bertz CT molecular complexity index is 395. The largest absolute Gasteiger partial charge is 0.384 e. The molecule has 100 valence electrons. The lowest BCUT2D eigenvalue weighted by Gasteiger charge is -2.27. The molecule has 0 saturated carbocycles. The fraction of sp³-hybridized carbons (Fsp3) is 0.600. The van der Waals surface area contributed by atoms with E-state index in [0.29, 0.717) is 0 Å². The van der Waals surface area contributed by atoms with Crippen molar-refractivity contribution >= 4 is 5.69 Å². The summed E-state index contributed by atoms with van der Waals surface area (Å²) in [5.74, 6) is 0. The summed E-state index contributed by atoms with van der Waals surface area (Å²) in [5, 5.41) is 6.95. The van der Waals surface area contributed by atoms with Gasteiger partial charge in [-0.15, -0.1) is 0 Å². The maximum Gasteiger partial charge on any atom is 0.0373 e. The van der Waals surface area contributed by atoms with Gasteiger partial charge in [-0.3, -0.25) is 4.90 Å². The molecule has 0 bridgehead atoms. The van der Waals surface area contributed by atoms with E-state index in [0.717, 1.165) is 26.2 Å². The van der Waals surface area contributed by atoms with Gasteiger partial charge in [-0.2, -0.15) is 0 Å². The molecule has 1 heterocycles. The van der Waals surface area contributed by atoms with Crippen molar-refractivity contribution in [1.29, 1.82) is 0 Å². The van der Waals surface area contributed by atoms with Crippen LogP contribution in [0.2, 0.25) is 0 Å². The molecule has 0 spiro atoms. The third-order valence-electron chi connectivity index (χ3n) is 4.01. The topological polar surface area (TPSA) is 27.3 Å². The van der Waals surface area contributed by atoms with Crippen molar-refractivity contribution in [3.8, 4) is 0 Å². The van der Waals surface area contributed by atoms with Crippen LogP contribution in [0.3, 0.4) is 0 Å². The highest BCUT2D eigenvalue weighted by Gasteiger charge is 2.09. The van der Waals surface area contributed by atoms with Crippen molar-refractivity contribution in [2.75, 3.05) is 44.6 Å². The normalized spacial score (nSPS) is 16.8. The van der Waals surface area contributed by atoms with Gasteiger partial charge in [0.1, 0.15) is 0 Å². The van der Waals surface area contributed by atoms with Gasteiger partial charge in [0.25, 0.3) is 0 Å². The van der Waals surface area contributed by atoms with Crippen LogP contribution in [0.25, 0.3) is 0 Å². The number of piperazine rings is 1. The van der Waals surface area contributed by atoms with Gasteiger partial charge >= 0.3 is 0 Å². The number of nitrogens with one attached hydrogen (secondary N) is 2. The smallest absolute Gasteiger partial charge is 0.0373 e. The lowest BCUT2D eigenvalue weighted by molar-refractivity contribution is 0.249. The number of nitrogens with zero attached hydrogens (tertiary/aromatic N) is 1. The van der Waals surface area contributed by atoms with E-state index < -0.39 is 0 Å². The van der Waals surface area contributed by atoms with E-state index in [-0.39, 0.29) is 0 Å². The fourth-order valence-electron chi connectivity index (χ4n) is 2.43. The quantitative estimate of drug-likeness (QED) is 0.851. The van der Waals surface area contributed by atoms with E-state index in [1.54, 1.807) is 0 Å². The number of benzene rings is 1. The first-order valence-corrected chi connectivity index (χ1v) is 6.92. The van der Waals surface area contributed by atoms with Gasteiger partial charge in [-0.25, -0.2) is 0 Å². The van der Waals surface area contributed by atoms with E-state index in [1.807, 2.05) is 0 Å². The van der Waals surface area contributed by atoms with Gasteiger partial charge in [0.15, 0.2) is 0 Å². The van der Waals surface area contributed by atoms with Crippen LogP contribution in [-0.2, 0) is 0 Å². The summed E-state index contributed by atoms with van der Waals surface area (Å²) in [4.78, 5) is 2.51. The second kappa shape index (κ2) is 6.21. The molecule has 1 saturated heterocycles. The summed E-state index contributed by atoms with van der Waals surface area (Å²) in [6.45, 7) is 13.3. The molecule has 1 aliphatic rings. The van der Waals surface area contributed by atoms with Crippen molar-refractivity contribution in [1.82, 2.24) is 10.2 Å². The average Bonchev–Trinajstić information content (AvgIpc) is 2.40. The van der Waals surface area contributed by atoms with Crippen LogP contribution in [-0.4, -0.2) is 44.2 Å². The zero-order valence-corrected chi connectivity index (χ0v) is 11.8. The zero-order chi connectivity index (χ0) is 13.0. The Balaban J connectivity index is 1.84. The SMILES string of the molecule is Cc1ccc(NCCN2CCNCC2)c(C)c1C. The van der Waals surface area contributed by atoms with Crippen LogP contribution < -0.4 is 10.6 Å². The maximum atomic E-state index is 3.57. The molecule has 1 aliphatic heterocycles. The highest BCUT2D eigenvalue weighted by Crippen LogP contribution is 2.21. The minimum atomic E-state index is 1.03. The molecule has 0 aromatic heterocycles. The molecular weight excluding hydrogens is 222 g/mol. The van der Waals surface area contributed by atoms with Gasteiger partial charge in [0.2, 0.25) is 0 Å². The number of aryl methyl sites for hydroxylation is 1. The van der Waals surface area contributed by atoms with Crippen LogP contribution in [0.5, 0.6) is 0 Å². The molecule has 18 heavy (non-hydrogen) atoms. The van der Waals surface area contributed by atoms with Crippen molar-refractivity contribution in [2.24, 2.45) is 0 Å². The Morgan fingerprint density at radius 2 is 1.83 bits per heavy atom. The Morgan fingerprint density at radius 3 is 2.56 bits per heavy atom. The number of hydrogen-bond acceptors (Lipinski definition) is 3. The van der Waals surface area contributed by atoms with Gasteiger partial charge in [0.05, 0.1) is 0 Å². The summed E-state index contributed by atoms with van der Waals surface area (Å²) in [6, 6.07) is 4.41. The molecule has 2 N–H and O–H groups in total. The van der Waals surface area contributed by atoms with Crippen LogP contribution in [0.1, 0.15) is 16.7 Å².